The van der Waals surface area contributed by atoms with Gasteiger partial charge in [0.15, 0.2) is 0 Å². The number of aromatic nitrogens is 1. The Morgan fingerprint density at radius 1 is 1.14 bits per heavy atom. The molecule has 0 aliphatic carbocycles. The molecule has 0 aliphatic heterocycles. The molecule has 5 nitrogen and oxygen atoms in total. The van der Waals surface area contributed by atoms with Crippen molar-refractivity contribution in [2.75, 3.05) is 6.61 Å². The maximum atomic E-state index is 13.8. The Morgan fingerprint density at radius 3 is 2.62 bits per heavy atom. The summed E-state index contributed by atoms with van der Waals surface area (Å²) in [5.41, 5.74) is 0.981. The molecule has 0 unspecified atom stereocenters. The molecule has 0 bridgehead atoms. The molecule has 0 atom stereocenters. The fourth-order valence-corrected chi connectivity index (χ4v) is 2.86. The first-order chi connectivity index (χ1) is 14.0. The van der Waals surface area contributed by atoms with E-state index in [1.54, 1.807) is 36.5 Å². The van der Waals surface area contributed by atoms with Gasteiger partial charge in [-0.05, 0) is 55.0 Å². The molecule has 29 heavy (non-hydrogen) atoms. The Balaban J connectivity index is 1.57. The van der Waals surface area contributed by atoms with E-state index in [0.717, 1.165) is 11.3 Å². The lowest BCUT2D eigenvalue weighted by molar-refractivity contribution is -0.120. The van der Waals surface area contributed by atoms with Gasteiger partial charge >= 0.3 is 0 Å². The van der Waals surface area contributed by atoms with Crippen LogP contribution in [0.5, 0.6) is 17.4 Å². The van der Waals surface area contributed by atoms with Crippen molar-refractivity contribution in [2.24, 2.45) is 0 Å². The summed E-state index contributed by atoms with van der Waals surface area (Å²) in [6.07, 6.45) is 1.46. The molecule has 0 radical (unpaired) electrons. The summed E-state index contributed by atoms with van der Waals surface area (Å²) in [6, 6.07) is 15.0. The van der Waals surface area contributed by atoms with Crippen molar-refractivity contribution in [3.63, 3.8) is 0 Å². The van der Waals surface area contributed by atoms with E-state index in [4.69, 9.17) is 21.1 Å². The third-order valence-corrected chi connectivity index (χ3v) is 4.40. The average molecular weight is 415 g/mol. The number of carbonyl (C=O) groups excluding carboxylic acids is 1. The monoisotopic (exact) mass is 414 g/mol. The van der Waals surface area contributed by atoms with Crippen LogP contribution in [0.3, 0.4) is 0 Å². The summed E-state index contributed by atoms with van der Waals surface area (Å²) in [5.74, 6) is 0.957. The molecule has 2 aromatic carbocycles. The van der Waals surface area contributed by atoms with E-state index in [1.165, 1.54) is 12.1 Å². The minimum Gasteiger partial charge on any atom is -0.494 e. The Hall–Kier alpha value is -3.12. The molecule has 7 heteroatoms. The quantitative estimate of drug-likeness (QED) is 0.568. The number of hydrogen-bond donors (Lipinski definition) is 1. The molecule has 3 aromatic rings. The van der Waals surface area contributed by atoms with Crippen molar-refractivity contribution in [1.82, 2.24) is 10.3 Å². The van der Waals surface area contributed by atoms with Gasteiger partial charge in [-0.2, -0.15) is 0 Å². The topological polar surface area (TPSA) is 60.5 Å². The molecule has 150 valence electrons. The summed E-state index contributed by atoms with van der Waals surface area (Å²) < 4.78 is 24.9. The number of carbonyl (C=O) groups is 1. The number of nitrogens with one attached hydrogen (secondary N) is 1. The number of halogens is 2. The predicted molar refractivity (Wildman–Crippen MR) is 109 cm³/mol. The maximum absolute atomic E-state index is 13.8. The van der Waals surface area contributed by atoms with E-state index in [0.29, 0.717) is 18.2 Å². The predicted octanol–water partition coefficient (Wildman–Crippen LogP) is 4.92. The largest absolute Gasteiger partial charge is 0.494 e. The molecule has 0 aliphatic rings. The van der Waals surface area contributed by atoms with Gasteiger partial charge in [-0.3, -0.25) is 4.79 Å². The van der Waals surface area contributed by atoms with Crippen LogP contribution in [0.4, 0.5) is 4.39 Å². The van der Waals surface area contributed by atoms with E-state index in [1.807, 2.05) is 19.1 Å². The molecular weight excluding hydrogens is 395 g/mol. The van der Waals surface area contributed by atoms with E-state index in [-0.39, 0.29) is 29.5 Å². The number of benzene rings is 2. The first kappa shape index (κ1) is 20.6. The van der Waals surface area contributed by atoms with Crippen LogP contribution in [-0.4, -0.2) is 17.5 Å². The van der Waals surface area contributed by atoms with Crippen LogP contribution in [0.25, 0.3) is 0 Å². The van der Waals surface area contributed by atoms with Crippen LogP contribution in [0.1, 0.15) is 18.1 Å². The van der Waals surface area contributed by atoms with E-state index in [2.05, 4.69) is 10.3 Å². The lowest BCUT2D eigenvalue weighted by atomic mass is 10.1. The van der Waals surface area contributed by atoms with Gasteiger partial charge in [0, 0.05) is 29.4 Å². The third kappa shape index (κ3) is 5.93. The molecule has 1 amide bonds. The minimum absolute atomic E-state index is 0.133. The third-order valence-electron chi connectivity index (χ3n) is 4.05. The highest BCUT2D eigenvalue weighted by Gasteiger charge is 2.12. The Kier molecular flexibility index (Phi) is 7.03. The average Bonchev–Trinajstić information content (AvgIpc) is 2.71. The lowest BCUT2D eigenvalue weighted by Crippen LogP contribution is -2.25. The van der Waals surface area contributed by atoms with Gasteiger partial charge in [-0.25, -0.2) is 9.37 Å². The standard InChI is InChI=1S/C22H20ClFN2O3/c1-2-28-16-6-8-17(9-7-16)29-22-12-15(10-11-25-22)14-26-21(27)13-18-19(23)4-3-5-20(18)24/h3-12H,2,13-14H2,1H3,(H,26,27). The summed E-state index contributed by atoms with van der Waals surface area (Å²) in [6.45, 7) is 2.77. The minimum atomic E-state index is -0.498. The highest BCUT2D eigenvalue weighted by atomic mass is 35.5. The van der Waals surface area contributed by atoms with Crippen molar-refractivity contribution in [3.8, 4) is 17.4 Å². The van der Waals surface area contributed by atoms with Crippen molar-refractivity contribution in [3.05, 3.63) is 82.8 Å². The SMILES string of the molecule is CCOc1ccc(Oc2cc(CNC(=O)Cc3c(F)cccc3Cl)ccn2)cc1. The van der Waals surface area contributed by atoms with Crippen molar-refractivity contribution < 1.29 is 18.7 Å². The van der Waals surface area contributed by atoms with Gasteiger partial charge in [0.1, 0.15) is 17.3 Å². The number of hydrogen-bond acceptors (Lipinski definition) is 4. The molecule has 1 heterocycles. The number of pyridine rings is 1. The first-order valence-corrected chi connectivity index (χ1v) is 9.48. The molecule has 3 rings (SSSR count). The molecule has 0 saturated heterocycles. The summed E-state index contributed by atoms with van der Waals surface area (Å²) in [5, 5.41) is 2.98. The molecule has 1 aromatic heterocycles. The number of ether oxygens (including phenoxy) is 2. The van der Waals surface area contributed by atoms with Gasteiger partial charge in [-0.1, -0.05) is 17.7 Å². The first-order valence-electron chi connectivity index (χ1n) is 9.10. The highest BCUT2D eigenvalue weighted by molar-refractivity contribution is 6.31. The second-order valence-corrected chi connectivity index (χ2v) is 6.57. The van der Waals surface area contributed by atoms with Gasteiger partial charge in [-0.15, -0.1) is 0 Å². The van der Waals surface area contributed by atoms with E-state index in [9.17, 15) is 9.18 Å². The normalized spacial score (nSPS) is 10.4. The molecule has 1 N–H and O–H groups in total. The maximum Gasteiger partial charge on any atom is 0.224 e. The molecule has 0 saturated carbocycles. The number of nitrogens with zero attached hydrogens (tertiary/aromatic N) is 1. The molecule has 0 spiro atoms. The zero-order valence-corrected chi connectivity index (χ0v) is 16.6. The van der Waals surface area contributed by atoms with E-state index >= 15 is 0 Å². The van der Waals surface area contributed by atoms with Crippen molar-refractivity contribution >= 4 is 17.5 Å². The summed E-state index contributed by atoms with van der Waals surface area (Å²) >= 11 is 5.96. The fraction of sp³-hybridized carbons (Fsp3) is 0.182. The highest BCUT2D eigenvalue weighted by Crippen LogP contribution is 2.23. The van der Waals surface area contributed by atoms with Crippen LogP contribution in [0, 0.1) is 5.82 Å². The smallest absolute Gasteiger partial charge is 0.224 e. The zero-order chi connectivity index (χ0) is 20.6. The van der Waals surface area contributed by atoms with Gasteiger partial charge in [0.05, 0.1) is 13.0 Å². The second kappa shape index (κ2) is 9.89. The van der Waals surface area contributed by atoms with Crippen molar-refractivity contribution in [2.45, 2.75) is 19.9 Å². The van der Waals surface area contributed by atoms with Gasteiger partial charge < -0.3 is 14.8 Å². The second-order valence-electron chi connectivity index (χ2n) is 6.16. The molecular formula is C22H20ClFN2O3. The number of rotatable bonds is 8. The van der Waals surface area contributed by atoms with Crippen LogP contribution in [-0.2, 0) is 17.8 Å². The van der Waals surface area contributed by atoms with Gasteiger partial charge in [0.25, 0.3) is 0 Å². The van der Waals surface area contributed by atoms with Crippen LogP contribution in [0.2, 0.25) is 5.02 Å². The van der Waals surface area contributed by atoms with Crippen LogP contribution in [0.15, 0.2) is 60.8 Å². The summed E-state index contributed by atoms with van der Waals surface area (Å²) in [7, 11) is 0. The Morgan fingerprint density at radius 2 is 1.90 bits per heavy atom. The number of amides is 1. The fourth-order valence-electron chi connectivity index (χ4n) is 2.63. The lowest BCUT2D eigenvalue weighted by Gasteiger charge is -2.09. The van der Waals surface area contributed by atoms with Crippen LogP contribution < -0.4 is 14.8 Å². The Labute approximate surface area is 173 Å². The van der Waals surface area contributed by atoms with Crippen molar-refractivity contribution in [1.29, 1.82) is 0 Å². The summed E-state index contributed by atoms with van der Waals surface area (Å²) in [4.78, 5) is 16.3. The molecule has 0 fully saturated rings. The van der Waals surface area contributed by atoms with E-state index < -0.39 is 5.82 Å². The van der Waals surface area contributed by atoms with Gasteiger partial charge in [0.2, 0.25) is 11.8 Å². The zero-order valence-electron chi connectivity index (χ0n) is 15.8. The Bertz CT molecular complexity index is 960. The van der Waals surface area contributed by atoms with Crippen LogP contribution >= 0.6 is 11.6 Å².